The van der Waals surface area contributed by atoms with Crippen LogP contribution in [0.1, 0.15) is 76.1 Å². The molecule has 43 heavy (non-hydrogen) atoms. The maximum Gasteiger partial charge on any atom is 0.101 e. The second kappa shape index (κ2) is 9.31. The molecule has 0 saturated carbocycles. The van der Waals surface area contributed by atoms with Crippen LogP contribution in [0, 0.1) is 23.2 Å². The Hall–Kier alpha value is -3.88. The number of hydrogen-bond acceptors (Lipinski definition) is 2. The van der Waals surface area contributed by atoms with Crippen LogP contribution in [-0.2, 0) is 0 Å². The molecule has 2 heteroatoms. The van der Waals surface area contributed by atoms with Crippen LogP contribution in [0.15, 0.2) is 108 Å². The predicted molar refractivity (Wildman–Crippen MR) is 183 cm³/mol. The van der Waals surface area contributed by atoms with E-state index >= 15 is 0 Å². The van der Waals surface area contributed by atoms with Crippen molar-refractivity contribution < 1.29 is 10.2 Å². The van der Waals surface area contributed by atoms with E-state index in [2.05, 4.69) is 110 Å². The van der Waals surface area contributed by atoms with Gasteiger partial charge in [-0.3, -0.25) is 0 Å². The van der Waals surface area contributed by atoms with Gasteiger partial charge in [-0.15, -0.1) is 0 Å². The molecule has 6 rings (SSSR count). The number of fused-ring (bicyclic) bond motifs is 4. The molecule has 3 aromatic carbocycles. The molecular weight excluding hydrogens is 524 g/mol. The number of hydrogen-bond donors (Lipinski definition) is 2. The van der Waals surface area contributed by atoms with Gasteiger partial charge >= 0.3 is 0 Å². The van der Waals surface area contributed by atoms with Gasteiger partial charge in [0.05, 0.1) is 6.10 Å². The van der Waals surface area contributed by atoms with Gasteiger partial charge < -0.3 is 10.2 Å². The normalized spacial score (nSPS) is 30.2. The van der Waals surface area contributed by atoms with E-state index in [1.807, 2.05) is 13.0 Å². The van der Waals surface area contributed by atoms with Gasteiger partial charge in [-0.05, 0) is 93.1 Å². The van der Waals surface area contributed by atoms with Crippen molar-refractivity contribution in [2.24, 2.45) is 16.2 Å². The third-order valence-corrected chi connectivity index (χ3v) is 12.0. The van der Waals surface area contributed by atoms with Crippen molar-refractivity contribution in [1.29, 1.82) is 0 Å². The highest BCUT2D eigenvalue weighted by Crippen LogP contribution is 2.72. The summed E-state index contributed by atoms with van der Waals surface area (Å²) in [5.74, 6) is 0.230. The molecule has 0 spiro atoms. The zero-order valence-electron chi connectivity index (χ0n) is 26.8. The van der Waals surface area contributed by atoms with Crippen LogP contribution < -0.4 is 0 Å². The second-order valence-electron chi connectivity index (χ2n) is 13.9. The third-order valence-electron chi connectivity index (χ3n) is 12.0. The van der Waals surface area contributed by atoms with Crippen molar-refractivity contribution in [2.75, 3.05) is 0 Å². The minimum atomic E-state index is -0.776. The van der Waals surface area contributed by atoms with Crippen molar-refractivity contribution in [3.63, 3.8) is 0 Å². The Balaban J connectivity index is 1.68. The summed E-state index contributed by atoms with van der Waals surface area (Å²) in [6.07, 6.45) is 1.49. The smallest absolute Gasteiger partial charge is 0.101 e. The SMILES string of the molecule is C=Cc1ccc(-c2ccc(C)c3c2[C@@H](C)[C@@]2(C)C(=C(C)[C@@]4(C)C(=C)C(C(=C)C)=C(O)C[C@@]4(C)[C@@H]2O)C3=C)c2ccccc12. The fourth-order valence-corrected chi connectivity index (χ4v) is 9.34. The molecule has 2 N–H and O–H groups in total. The summed E-state index contributed by atoms with van der Waals surface area (Å²) in [5, 5.41) is 26.5. The molecule has 0 aliphatic heterocycles. The lowest BCUT2D eigenvalue weighted by Gasteiger charge is -2.65. The monoisotopic (exact) mass is 568 g/mol. The summed E-state index contributed by atoms with van der Waals surface area (Å²) in [6, 6.07) is 17.3. The van der Waals surface area contributed by atoms with Crippen LogP contribution in [0.4, 0.5) is 0 Å². The Morgan fingerprint density at radius 1 is 0.953 bits per heavy atom. The Morgan fingerprint density at radius 2 is 1.58 bits per heavy atom. The lowest BCUT2D eigenvalue weighted by atomic mass is 9.39. The highest BCUT2D eigenvalue weighted by molar-refractivity contribution is 6.03. The molecule has 3 aliphatic rings. The van der Waals surface area contributed by atoms with E-state index in [0.717, 1.165) is 33.4 Å². The molecule has 5 atom stereocenters. The zero-order valence-corrected chi connectivity index (χ0v) is 26.8. The van der Waals surface area contributed by atoms with Crippen LogP contribution in [0.2, 0.25) is 0 Å². The average molecular weight is 569 g/mol. The second-order valence-corrected chi connectivity index (χ2v) is 13.9. The van der Waals surface area contributed by atoms with Crippen molar-refractivity contribution >= 4 is 22.4 Å². The zero-order chi connectivity index (χ0) is 31.4. The molecule has 0 aromatic heterocycles. The first kappa shape index (κ1) is 29.2. The van der Waals surface area contributed by atoms with Crippen LogP contribution in [0.5, 0.6) is 0 Å². The number of allylic oxidation sites excluding steroid dienone is 6. The summed E-state index contributed by atoms with van der Waals surface area (Å²) in [7, 11) is 0. The molecule has 2 nitrogen and oxygen atoms in total. The van der Waals surface area contributed by atoms with Gasteiger partial charge in [-0.25, -0.2) is 0 Å². The molecule has 0 bridgehead atoms. The molecule has 0 fully saturated rings. The molecule has 0 heterocycles. The van der Waals surface area contributed by atoms with E-state index in [4.69, 9.17) is 6.58 Å². The molecule has 0 saturated heterocycles. The van der Waals surface area contributed by atoms with Gasteiger partial charge in [-0.2, -0.15) is 0 Å². The Bertz CT molecular complexity index is 1880. The number of rotatable bonds is 3. The van der Waals surface area contributed by atoms with Crippen molar-refractivity contribution in [1.82, 2.24) is 0 Å². The predicted octanol–water partition coefficient (Wildman–Crippen LogP) is 10.6. The van der Waals surface area contributed by atoms with E-state index < -0.39 is 22.3 Å². The van der Waals surface area contributed by atoms with E-state index in [-0.39, 0.29) is 11.7 Å². The molecule has 0 amide bonds. The van der Waals surface area contributed by atoms with E-state index in [1.165, 1.54) is 44.2 Å². The van der Waals surface area contributed by atoms with Crippen LogP contribution in [0.3, 0.4) is 0 Å². The molecule has 220 valence electrons. The van der Waals surface area contributed by atoms with Crippen molar-refractivity contribution in [3.05, 3.63) is 131 Å². The van der Waals surface area contributed by atoms with Crippen LogP contribution >= 0.6 is 0 Å². The fraction of sp³-hybridized carbons (Fsp3) is 0.317. The lowest BCUT2D eigenvalue weighted by molar-refractivity contribution is -0.112. The third kappa shape index (κ3) is 3.39. The highest BCUT2D eigenvalue weighted by Gasteiger charge is 2.67. The Kier molecular flexibility index (Phi) is 6.32. The van der Waals surface area contributed by atoms with Gasteiger partial charge in [0.15, 0.2) is 0 Å². The largest absolute Gasteiger partial charge is 0.512 e. The van der Waals surface area contributed by atoms with Gasteiger partial charge in [-0.1, -0.05) is 114 Å². The van der Waals surface area contributed by atoms with Gasteiger partial charge in [0, 0.05) is 28.2 Å². The van der Waals surface area contributed by atoms with Crippen molar-refractivity contribution in [3.8, 4) is 11.1 Å². The van der Waals surface area contributed by atoms with E-state index in [9.17, 15) is 10.2 Å². The van der Waals surface area contributed by atoms with Crippen LogP contribution in [-0.4, -0.2) is 16.3 Å². The molecule has 3 aliphatic carbocycles. The van der Waals surface area contributed by atoms with Crippen molar-refractivity contribution in [2.45, 2.75) is 66.9 Å². The minimum absolute atomic E-state index is 0.0380. The van der Waals surface area contributed by atoms with Crippen LogP contribution in [0.25, 0.3) is 33.5 Å². The summed E-state index contributed by atoms with van der Waals surface area (Å²) >= 11 is 0. The summed E-state index contributed by atoms with van der Waals surface area (Å²) in [5.41, 5.74) is 10.7. The van der Waals surface area contributed by atoms with E-state index in [0.29, 0.717) is 6.42 Å². The number of benzene rings is 3. The highest BCUT2D eigenvalue weighted by atomic mass is 16.3. The standard InChI is InChI=1S/C41H44O2/c1-12-28-18-20-31(30-16-14-13-15-29(28)30)32-19-17-23(4)35-24(5)37-27(8)41(11)26(7)34(22(2)3)33(42)21-39(41,9)38(43)40(37,10)25(6)36(32)35/h12-20,25,38,42-43H,1-2,5,7,21H2,3-4,6,8-11H3/t25-,38+,39+,40+,41-/m1/s1. The summed E-state index contributed by atoms with van der Waals surface area (Å²) in [6.45, 7) is 32.6. The Labute approximate surface area is 257 Å². The first-order chi connectivity index (χ1) is 20.2. The fourth-order valence-electron chi connectivity index (χ4n) is 9.34. The molecule has 0 unspecified atom stereocenters. The maximum atomic E-state index is 12.8. The topological polar surface area (TPSA) is 40.5 Å². The lowest BCUT2D eigenvalue weighted by Crippen LogP contribution is -2.62. The Morgan fingerprint density at radius 3 is 2.21 bits per heavy atom. The maximum absolute atomic E-state index is 12.8. The quantitative estimate of drug-likeness (QED) is 0.330. The molecular formula is C41H44O2. The minimum Gasteiger partial charge on any atom is -0.512 e. The summed E-state index contributed by atoms with van der Waals surface area (Å²) in [4.78, 5) is 0. The number of aliphatic hydroxyl groups is 2. The molecule has 0 radical (unpaired) electrons. The number of aryl methyl sites for hydroxylation is 1. The first-order valence-electron chi connectivity index (χ1n) is 15.3. The average Bonchev–Trinajstić information content (AvgIpc) is 2.96. The number of aliphatic hydroxyl groups excluding tert-OH is 2. The first-order valence-corrected chi connectivity index (χ1v) is 15.3. The van der Waals surface area contributed by atoms with E-state index in [1.54, 1.807) is 0 Å². The van der Waals surface area contributed by atoms with Gasteiger partial charge in [0.2, 0.25) is 0 Å². The summed E-state index contributed by atoms with van der Waals surface area (Å²) < 4.78 is 0. The molecule has 3 aromatic rings. The van der Waals surface area contributed by atoms with Gasteiger partial charge in [0.25, 0.3) is 0 Å². The van der Waals surface area contributed by atoms with Gasteiger partial charge in [0.1, 0.15) is 5.76 Å².